The average Bonchev–Trinajstić information content (AvgIpc) is 2.36. The Bertz CT molecular complexity index is 415. The minimum atomic E-state index is -1.14. The summed E-state index contributed by atoms with van der Waals surface area (Å²) >= 11 is 0. The van der Waals surface area contributed by atoms with Crippen LogP contribution in [-0.2, 0) is 4.79 Å². The van der Waals surface area contributed by atoms with E-state index in [4.69, 9.17) is 0 Å². The summed E-state index contributed by atoms with van der Waals surface area (Å²) in [6.07, 6.45) is 1.45. The Labute approximate surface area is 111 Å². The molecule has 0 atom stereocenters. The Morgan fingerprint density at radius 1 is 1.28 bits per heavy atom. The van der Waals surface area contributed by atoms with Gasteiger partial charge in [-0.05, 0) is 25.5 Å². The number of rotatable bonds is 6. The van der Waals surface area contributed by atoms with Crippen molar-refractivity contribution in [1.82, 2.24) is 0 Å². The number of anilines is 1. The summed E-state index contributed by atoms with van der Waals surface area (Å²) in [4.78, 5) is 11.8. The standard InChI is InChI=1S/C14H22N2OSi/c1-5-9-14(17)12(2)15-16(18(3)4)13-10-7-6-8-11-13/h6-8,10-11,18H,5,9H2,1-4H3. The molecular formula is C14H22N2OSi. The van der Waals surface area contributed by atoms with Gasteiger partial charge in [0, 0.05) is 12.1 Å². The number of hydrogen-bond acceptors (Lipinski definition) is 3. The first-order chi connectivity index (χ1) is 8.56. The minimum Gasteiger partial charge on any atom is -0.298 e. The van der Waals surface area contributed by atoms with Crippen LogP contribution in [0.3, 0.4) is 0 Å². The maximum atomic E-state index is 11.8. The van der Waals surface area contributed by atoms with Crippen molar-refractivity contribution in [3.05, 3.63) is 30.3 Å². The van der Waals surface area contributed by atoms with Gasteiger partial charge in [-0.25, -0.2) is 0 Å². The molecule has 18 heavy (non-hydrogen) atoms. The lowest BCUT2D eigenvalue weighted by molar-refractivity contribution is -0.113. The molecule has 0 saturated heterocycles. The van der Waals surface area contributed by atoms with Crippen molar-refractivity contribution in [2.45, 2.75) is 39.8 Å². The van der Waals surface area contributed by atoms with Gasteiger partial charge < -0.3 is 0 Å². The topological polar surface area (TPSA) is 32.7 Å². The van der Waals surface area contributed by atoms with E-state index in [-0.39, 0.29) is 5.78 Å². The largest absolute Gasteiger partial charge is 0.298 e. The molecule has 0 aromatic heterocycles. The smallest absolute Gasteiger partial charge is 0.178 e. The van der Waals surface area contributed by atoms with Crippen LogP contribution in [0.2, 0.25) is 13.1 Å². The zero-order valence-electron chi connectivity index (χ0n) is 11.7. The molecule has 0 radical (unpaired) electrons. The molecular weight excluding hydrogens is 240 g/mol. The number of hydrogen-bond donors (Lipinski definition) is 0. The molecule has 0 spiro atoms. The molecule has 0 fully saturated rings. The lowest BCUT2D eigenvalue weighted by Crippen LogP contribution is -2.31. The van der Waals surface area contributed by atoms with Gasteiger partial charge in [0.2, 0.25) is 0 Å². The average molecular weight is 262 g/mol. The molecule has 0 aliphatic rings. The minimum absolute atomic E-state index is 0.146. The third kappa shape index (κ3) is 4.11. The van der Waals surface area contributed by atoms with Gasteiger partial charge in [0.25, 0.3) is 0 Å². The molecule has 0 aliphatic carbocycles. The third-order valence-electron chi connectivity index (χ3n) is 2.65. The predicted octanol–water partition coefficient (Wildman–Crippen LogP) is 3.22. The van der Waals surface area contributed by atoms with Gasteiger partial charge in [-0.1, -0.05) is 38.2 Å². The van der Waals surface area contributed by atoms with E-state index in [1.165, 1.54) is 0 Å². The number of Topliss-reactive ketones (excluding diaryl/α,β-unsaturated/α-hetero) is 1. The monoisotopic (exact) mass is 262 g/mol. The highest BCUT2D eigenvalue weighted by molar-refractivity contribution is 6.60. The second kappa shape index (κ2) is 7.11. The summed E-state index contributed by atoms with van der Waals surface area (Å²) in [5, 5.41) is 4.53. The van der Waals surface area contributed by atoms with Gasteiger partial charge in [0.1, 0.15) is 0 Å². The second-order valence-corrected chi connectivity index (χ2v) is 7.31. The van der Waals surface area contributed by atoms with Crippen molar-refractivity contribution in [3.63, 3.8) is 0 Å². The Balaban J connectivity index is 2.94. The summed E-state index contributed by atoms with van der Waals surface area (Å²) in [7, 11) is -1.14. The van der Waals surface area contributed by atoms with E-state index in [9.17, 15) is 4.79 Å². The number of hydrazone groups is 1. The fourth-order valence-electron chi connectivity index (χ4n) is 1.68. The molecule has 1 aromatic carbocycles. The maximum absolute atomic E-state index is 11.8. The first-order valence-electron chi connectivity index (χ1n) is 6.49. The normalized spacial score (nSPS) is 11.7. The van der Waals surface area contributed by atoms with Crippen molar-refractivity contribution in [1.29, 1.82) is 0 Å². The quantitative estimate of drug-likeness (QED) is 0.448. The lowest BCUT2D eigenvalue weighted by Gasteiger charge is -2.23. The number of nitrogens with zero attached hydrogens (tertiary/aromatic N) is 2. The summed E-state index contributed by atoms with van der Waals surface area (Å²) in [6, 6.07) is 10.1. The van der Waals surface area contributed by atoms with Crippen LogP contribution in [0, 0.1) is 0 Å². The van der Waals surface area contributed by atoms with Crippen LogP contribution in [0.15, 0.2) is 35.4 Å². The van der Waals surface area contributed by atoms with Gasteiger partial charge in [-0.2, -0.15) is 5.10 Å². The molecule has 0 N–H and O–H groups in total. The van der Waals surface area contributed by atoms with E-state index in [1.54, 1.807) is 0 Å². The highest BCUT2D eigenvalue weighted by Crippen LogP contribution is 2.15. The Morgan fingerprint density at radius 2 is 1.89 bits per heavy atom. The molecule has 3 nitrogen and oxygen atoms in total. The number of carbonyl (C=O) groups is 1. The van der Waals surface area contributed by atoms with Crippen LogP contribution >= 0.6 is 0 Å². The third-order valence-corrected chi connectivity index (χ3v) is 4.04. The van der Waals surface area contributed by atoms with Crippen molar-refractivity contribution >= 4 is 26.1 Å². The summed E-state index contributed by atoms with van der Waals surface area (Å²) in [6.45, 7) is 8.23. The highest BCUT2D eigenvalue weighted by Gasteiger charge is 2.13. The van der Waals surface area contributed by atoms with Crippen LogP contribution < -0.4 is 4.67 Å². The molecule has 0 heterocycles. The van der Waals surface area contributed by atoms with Crippen LogP contribution in [0.4, 0.5) is 5.69 Å². The van der Waals surface area contributed by atoms with E-state index in [0.717, 1.165) is 12.1 Å². The molecule has 0 unspecified atom stereocenters. The predicted molar refractivity (Wildman–Crippen MR) is 80.8 cm³/mol. The molecule has 0 aliphatic heterocycles. The second-order valence-electron chi connectivity index (χ2n) is 4.63. The van der Waals surface area contributed by atoms with Crippen molar-refractivity contribution < 1.29 is 4.79 Å². The van der Waals surface area contributed by atoms with E-state index in [1.807, 2.05) is 48.9 Å². The lowest BCUT2D eigenvalue weighted by atomic mass is 10.2. The van der Waals surface area contributed by atoms with Gasteiger partial charge in [-0.3, -0.25) is 9.47 Å². The van der Waals surface area contributed by atoms with Crippen LogP contribution in [0.25, 0.3) is 0 Å². The zero-order chi connectivity index (χ0) is 13.5. The van der Waals surface area contributed by atoms with E-state index in [0.29, 0.717) is 12.1 Å². The molecule has 1 rings (SSSR count). The number of carbonyl (C=O) groups excluding carboxylic acids is 1. The van der Waals surface area contributed by atoms with Crippen LogP contribution in [0.1, 0.15) is 26.7 Å². The number of benzene rings is 1. The molecule has 0 bridgehead atoms. The fourth-order valence-corrected chi connectivity index (χ4v) is 2.85. The Hall–Kier alpha value is -1.42. The van der Waals surface area contributed by atoms with Crippen LogP contribution in [-0.4, -0.2) is 20.5 Å². The fraction of sp³-hybridized carbons (Fsp3) is 0.429. The van der Waals surface area contributed by atoms with Gasteiger partial charge in [0.15, 0.2) is 14.7 Å². The number of ketones is 1. The van der Waals surface area contributed by atoms with Gasteiger partial charge >= 0.3 is 0 Å². The molecule has 98 valence electrons. The molecule has 0 saturated carbocycles. The number of para-hydroxylation sites is 1. The van der Waals surface area contributed by atoms with Crippen LogP contribution in [0.5, 0.6) is 0 Å². The summed E-state index contributed by atoms with van der Waals surface area (Å²) < 4.78 is 2.03. The van der Waals surface area contributed by atoms with Crippen molar-refractivity contribution in [3.8, 4) is 0 Å². The Morgan fingerprint density at radius 3 is 2.39 bits per heavy atom. The first kappa shape index (κ1) is 14.6. The van der Waals surface area contributed by atoms with E-state index < -0.39 is 8.96 Å². The van der Waals surface area contributed by atoms with E-state index in [2.05, 4.69) is 18.2 Å². The summed E-state index contributed by atoms with van der Waals surface area (Å²) in [5.41, 5.74) is 1.68. The van der Waals surface area contributed by atoms with Crippen molar-refractivity contribution in [2.24, 2.45) is 5.10 Å². The van der Waals surface area contributed by atoms with E-state index >= 15 is 0 Å². The Kier molecular flexibility index (Phi) is 5.78. The molecule has 4 heteroatoms. The van der Waals surface area contributed by atoms with Gasteiger partial charge in [-0.15, -0.1) is 0 Å². The van der Waals surface area contributed by atoms with Gasteiger partial charge in [0.05, 0.1) is 5.71 Å². The SMILES string of the molecule is CCCC(=O)C(C)=NN(c1ccccc1)[SiH](C)C. The first-order valence-corrected chi connectivity index (χ1v) is 9.31. The molecule has 0 amide bonds. The summed E-state index contributed by atoms with van der Waals surface area (Å²) in [5.74, 6) is 0.146. The molecule has 1 aromatic rings. The zero-order valence-corrected chi connectivity index (χ0v) is 12.8. The van der Waals surface area contributed by atoms with Crippen molar-refractivity contribution in [2.75, 3.05) is 4.67 Å². The highest BCUT2D eigenvalue weighted by atomic mass is 28.3. The maximum Gasteiger partial charge on any atom is 0.178 e.